The van der Waals surface area contributed by atoms with Crippen molar-refractivity contribution in [2.45, 2.75) is 45.6 Å². The third-order valence-electron chi connectivity index (χ3n) is 5.81. The van der Waals surface area contributed by atoms with Crippen LogP contribution in [0.2, 0.25) is 0 Å². The van der Waals surface area contributed by atoms with Gasteiger partial charge in [0.25, 0.3) is 0 Å². The van der Waals surface area contributed by atoms with Gasteiger partial charge in [-0.05, 0) is 44.0 Å². The first kappa shape index (κ1) is 25.5. The van der Waals surface area contributed by atoms with Gasteiger partial charge in [-0.2, -0.15) is 0 Å². The Bertz CT molecular complexity index is 1030. The zero-order valence-corrected chi connectivity index (χ0v) is 18.9. The van der Waals surface area contributed by atoms with E-state index in [2.05, 4.69) is 25.2 Å². The molecule has 0 unspecified atom stereocenters. The number of hydrogen-bond acceptors (Lipinski definition) is 8. The molecule has 2 heterocycles. The first-order chi connectivity index (χ1) is 16.0. The molecule has 2 atom stereocenters. The first-order valence-corrected chi connectivity index (χ1v) is 10.9. The Kier molecular flexibility index (Phi) is 7.82. The fourth-order valence-corrected chi connectivity index (χ4v) is 4.08. The van der Waals surface area contributed by atoms with Crippen LogP contribution in [0.1, 0.15) is 30.9 Å². The van der Waals surface area contributed by atoms with E-state index < -0.39 is 29.7 Å². The molecule has 0 radical (unpaired) electrons. The number of carbonyl (C=O) groups is 1. The molecule has 1 aromatic carbocycles. The van der Waals surface area contributed by atoms with Gasteiger partial charge in [-0.25, -0.2) is 0 Å². The lowest BCUT2D eigenvalue weighted by atomic mass is 10.0. The van der Waals surface area contributed by atoms with E-state index in [1.165, 1.54) is 6.07 Å². The van der Waals surface area contributed by atoms with Gasteiger partial charge in [-0.1, -0.05) is 6.92 Å². The number of likely N-dealkylation sites (tertiary alicyclic amines) is 1. The van der Waals surface area contributed by atoms with E-state index in [9.17, 15) is 23.1 Å². The van der Waals surface area contributed by atoms with Gasteiger partial charge >= 0.3 is 12.3 Å². The van der Waals surface area contributed by atoms with Crippen LogP contribution in [0.3, 0.4) is 0 Å². The quantitative estimate of drug-likeness (QED) is 0.447. The summed E-state index contributed by atoms with van der Waals surface area (Å²) in [6.45, 7) is 5.46. The van der Waals surface area contributed by atoms with E-state index in [0.29, 0.717) is 35.7 Å². The van der Waals surface area contributed by atoms with Crippen LogP contribution in [0.25, 0.3) is 11.3 Å². The molecule has 1 fully saturated rings. The highest BCUT2D eigenvalue weighted by atomic mass is 19.4. The highest BCUT2D eigenvalue weighted by Gasteiger charge is 2.31. The number of carboxylic acid groups (broad SMARTS) is 1. The van der Waals surface area contributed by atoms with Crippen LogP contribution in [-0.2, 0) is 11.3 Å². The summed E-state index contributed by atoms with van der Waals surface area (Å²) in [7, 11) is 0. The van der Waals surface area contributed by atoms with Crippen LogP contribution in [0.5, 0.6) is 11.5 Å². The number of carboxylic acids is 1. The average molecular weight is 483 g/mol. The van der Waals surface area contributed by atoms with Crippen LogP contribution in [0, 0.1) is 12.8 Å². The number of piperidine rings is 1. The molecule has 9 nitrogen and oxygen atoms in total. The molecule has 0 saturated carbocycles. The van der Waals surface area contributed by atoms with E-state index in [-0.39, 0.29) is 18.2 Å². The first-order valence-electron chi connectivity index (χ1n) is 10.9. The van der Waals surface area contributed by atoms with Crippen molar-refractivity contribution in [1.82, 2.24) is 15.1 Å². The predicted octanol–water partition coefficient (Wildman–Crippen LogP) is 3.11. The van der Waals surface area contributed by atoms with Crippen LogP contribution in [0.15, 0.2) is 18.2 Å². The minimum Gasteiger partial charge on any atom is -0.507 e. The molecule has 0 amide bonds. The van der Waals surface area contributed by atoms with Crippen LogP contribution in [-0.4, -0.2) is 63.3 Å². The Balaban J connectivity index is 1.80. The fraction of sp³-hybridized carbons (Fsp3) is 0.500. The molecule has 1 aliphatic rings. The number of nitrogens with one attached hydrogen (secondary N) is 1. The molecule has 5 N–H and O–H groups in total. The molecule has 1 saturated heterocycles. The minimum absolute atomic E-state index is 0.0202. The summed E-state index contributed by atoms with van der Waals surface area (Å²) in [6, 6.07) is 3.26. The lowest BCUT2D eigenvalue weighted by Crippen LogP contribution is -2.45. The van der Waals surface area contributed by atoms with Crippen LogP contribution >= 0.6 is 0 Å². The molecule has 1 aromatic heterocycles. The summed E-state index contributed by atoms with van der Waals surface area (Å²) in [5, 5.41) is 31.2. The van der Waals surface area contributed by atoms with Crippen molar-refractivity contribution in [3.8, 4) is 22.8 Å². The van der Waals surface area contributed by atoms with E-state index in [4.69, 9.17) is 10.8 Å². The summed E-state index contributed by atoms with van der Waals surface area (Å²) in [6.07, 6.45) is -3.11. The molecule has 0 aliphatic carbocycles. The smallest absolute Gasteiger partial charge is 0.507 e. The number of phenols is 1. The van der Waals surface area contributed by atoms with Crippen molar-refractivity contribution in [1.29, 1.82) is 0 Å². The lowest BCUT2D eigenvalue weighted by molar-refractivity contribution is -0.274. The van der Waals surface area contributed by atoms with Crippen molar-refractivity contribution >= 4 is 11.8 Å². The molecule has 12 heteroatoms. The van der Waals surface area contributed by atoms with Gasteiger partial charge in [-0.3, -0.25) is 4.79 Å². The van der Waals surface area contributed by atoms with Crippen LogP contribution < -0.4 is 15.8 Å². The molecule has 0 spiro atoms. The summed E-state index contributed by atoms with van der Waals surface area (Å²) < 4.78 is 41.2. The summed E-state index contributed by atoms with van der Waals surface area (Å²) in [5.41, 5.74) is 7.76. The second-order valence-corrected chi connectivity index (χ2v) is 8.41. The predicted molar refractivity (Wildman–Crippen MR) is 118 cm³/mol. The summed E-state index contributed by atoms with van der Waals surface area (Å²) >= 11 is 0. The van der Waals surface area contributed by atoms with E-state index in [1.54, 1.807) is 13.8 Å². The van der Waals surface area contributed by atoms with Gasteiger partial charge in [0, 0.05) is 42.9 Å². The number of nitrogens with two attached hydrogens (primary N) is 1. The van der Waals surface area contributed by atoms with Crippen molar-refractivity contribution in [2.75, 3.05) is 25.0 Å². The number of aromatic nitrogens is 2. The van der Waals surface area contributed by atoms with Crippen molar-refractivity contribution < 1.29 is 32.9 Å². The molecular weight excluding hydrogens is 455 g/mol. The number of halogens is 3. The number of hydrogen-bond donors (Lipinski definition) is 4. The van der Waals surface area contributed by atoms with Gasteiger partial charge in [0.2, 0.25) is 0 Å². The highest BCUT2D eigenvalue weighted by Crippen LogP contribution is 2.36. The number of phenolic OH excluding ortho intramolecular Hbond substituents is 1. The Morgan fingerprint density at radius 1 is 1.38 bits per heavy atom. The van der Waals surface area contributed by atoms with Crippen molar-refractivity contribution in [2.24, 2.45) is 11.7 Å². The van der Waals surface area contributed by atoms with E-state index in [1.807, 2.05) is 0 Å². The zero-order chi connectivity index (χ0) is 25.0. The minimum atomic E-state index is -4.87. The third kappa shape index (κ3) is 6.26. The van der Waals surface area contributed by atoms with E-state index in [0.717, 1.165) is 31.5 Å². The Hall–Kier alpha value is -3.12. The second kappa shape index (κ2) is 10.4. The number of nitrogens with zero attached hydrogens (tertiary/aromatic N) is 3. The van der Waals surface area contributed by atoms with E-state index >= 15 is 0 Å². The number of anilines is 1. The maximum absolute atomic E-state index is 12.4. The van der Waals surface area contributed by atoms with Gasteiger partial charge in [0.05, 0.1) is 5.92 Å². The molecule has 0 bridgehead atoms. The van der Waals surface area contributed by atoms with Gasteiger partial charge in [0.15, 0.2) is 5.82 Å². The fourth-order valence-electron chi connectivity index (χ4n) is 4.08. The molecule has 1 aliphatic heterocycles. The average Bonchev–Trinajstić information content (AvgIpc) is 2.74. The van der Waals surface area contributed by atoms with Crippen molar-refractivity contribution in [3.63, 3.8) is 0 Å². The normalized spacial score (nSPS) is 17.9. The molecular formula is C22H28F3N5O4. The van der Waals surface area contributed by atoms with Crippen molar-refractivity contribution in [3.05, 3.63) is 29.3 Å². The zero-order valence-electron chi connectivity index (χ0n) is 18.9. The molecule has 3 rings (SSSR count). The van der Waals surface area contributed by atoms with Crippen LogP contribution in [0.4, 0.5) is 19.0 Å². The number of rotatable bonds is 8. The maximum atomic E-state index is 12.4. The standard InChI is InChI=1S/C22H28F3N5O4/c1-12(21(32)33)10-30-7-3-4-14(11-30)27-20-17(9-26)13(2)19(28-29-20)16-6-5-15(8-18(16)31)34-22(23,24)25/h5-6,8,12,14,31H,3-4,7,9-11,26H2,1-2H3,(H,27,29)(H,32,33)/t12-,14+/m0/s1. The van der Waals surface area contributed by atoms with Gasteiger partial charge < -0.3 is 30.9 Å². The summed E-state index contributed by atoms with van der Waals surface area (Å²) in [4.78, 5) is 13.3. The number of benzene rings is 1. The van der Waals surface area contributed by atoms with Gasteiger partial charge in [-0.15, -0.1) is 23.4 Å². The number of alkyl halides is 3. The monoisotopic (exact) mass is 483 g/mol. The van der Waals surface area contributed by atoms with Gasteiger partial charge in [0.1, 0.15) is 17.2 Å². The molecule has 34 heavy (non-hydrogen) atoms. The molecule has 2 aromatic rings. The highest BCUT2D eigenvalue weighted by molar-refractivity contribution is 5.73. The maximum Gasteiger partial charge on any atom is 0.573 e. The third-order valence-corrected chi connectivity index (χ3v) is 5.81. The Morgan fingerprint density at radius 2 is 2.12 bits per heavy atom. The second-order valence-electron chi connectivity index (χ2n) is 8.41. The number of aromatic hydroxyl groups is 1. The Morgan fingerprint density at radius 3 is 2.74 bits per heavy atom. The number of aliphatic carboxylic acids is 1. The number of ether oxygens (including phenoxy) is 1. The summed E-state index contributed by atoms with van der Waals surface area (Å²) in [5.74, 6) is -1.80. The SMILES string of the molecule is Cc1c(-c2ccc(OC(F)(F)F)cc2O)nnc(N[C@@H]2CCCN(C[C@H](C)C(=O)O)C2)c1CN. The molecule has 186 valence electrons. The topological polar surface area (TPSA) is 134 Å². The largest absolute Gasteiger partial charge is 0.573 e. The lowest BCUT2D eigenvalue weighted by Gasteiger charge is -2.34. The Labute approximate surface area is 194 Å².